The molecule has 0 nitrogen and oxygen atoms in total. The summed E-state index contributed by atoms with van der Waals surface area (Å²) in [7, 11) is -2.34. The predicted molar refractivity (Wildman–Crippen MR) is 180 cm³/mol. The summed E-state index contributed by atoms with van der Waals surface area (Å²) < 4.78 is 3.79. The zero-order valence-corrected chi connectivity index (χ0v) is 27.6. The molecule has 207 valence electrons. The fraction of sp³-hybridized carbons (Fsp3) is 0.125. The van der Waals surface area contributed by atoms with Crippen LogP contribution in [0, 0.1) is 16.2 Å². The average Bonchev–Trinajstić information content (AvgIpc) is 3.51. The van der Waals surface area contributed by atoms with Crippen LogP contribution >= 0.6 is 7.26 Å². The number of hydrogen-bond donors (Lipinski definition) is 0. The summed E-state index contributed by atoms with van der Waals surface area (Å²) in [4.78, 5) is 0. The molecule has 1 aliphatic rings. The van der Waals surface area contributed by atoms with E-state index in [4.69, 9.17) is 0 Å². The summed E-state index contributed by atoms with van der Waals surface area (Å²) in [6.07, 6.45) is 12.2. The molecule has 0 aromatic heterocycles. The number of rotatable bonds is 6. The van der Waals surface area contributed by atoms with Crippen LogP contribution in [0.15, 0.2) is 156 Å². The number of allylic oxidation sites excluding steroid dienone is 7. The molecule has 4 aromatic rings. The Bertz CT molecular complexity index is 1640. The van der Waals surface area contributed by atoms with Crippen molar-refractivity contribution in [3.63, 3.8) is 0 Å². The second-order valence-corrected chi connectivity index (χ2v) is 14.2. The summed E-state index contributed by atoms with van der Waals surface area (Å²) in [6.45, 7) is 4.20. The molecule has 1 aliphatic carbocycles. The number of hydrogen-bond acceptors (Lipinski definition) is 0. The van der Waals surface area contributed by atoms with Gasteiger partial charge >= 0.3 is 263 Å². The van der Waals surface area contributed by atoms with Crippen LogP contribution in [0.25, 0.3) is 6.08 Å². The van der Waals surface area contributed by atoms with Crippen LogP contribution in [-0.2, 0) is 17.9 Å². The van der Waals surface area contributed by atoms with Gasteiger partial charge in [0.25, 0.3) is 0 Å². The molecule has 0 saturated heterocycles. The van der Waals surface area contributed by atoms with E-state index in [9.17, 15) is 0 Å². The summed E-state index contributed by atoms with van der Waals surface area (Å²) in [5.74, 6) is 7.25. The summed E-state index contributed by atoms with van der Waals surface area (Å²) in [5, 5.41) is 5.12. The first kappa shape index (κ1) is 29.7. The van der Waals surface area contributed by atoms with Crippen molar-refractivity contribution in [3.05, 3.63) is 167 Å². The Labute approximate surface area is 262 Å². The van der Waals surface area contributed by atoms with Gasteiger partial charge in [0.05, 0.1) is 0 Å². The van der Waals surface area contributed by atoms with Crippen molar-refractivity contribution in [3.8, 4) is 16.2 Å². The Morgan fingerprint density at radius 1 is 0.690 bits per heavy atom. The molecule has 1 saturated carbocycles. The SMILES string of the molecule is CC=C1CCCC1=CC(C#Cc1ccc(/C=C/C)cc1)=C([C]#[Os])[P+](c1ccccc1)(c1ccccc1)c1ccccc1. The Balaban J connectivity index is 1.87. The van der Waals surface area contributed by atoms with Crippen molar-refractivity contribution in [2.24, 2.45) is 0 Å². The van der Waals surface area contributed by atoms with E-state index in [1.165, 1.54) is 44.4 Å². The molecule has 0 aliphatic heterocycles. The van der Waals surface area contributed by atoms with Gasteiger partial charge in [-0.15, -0.1) is 0 Å². The van der Waals surface area contributed by atoms with E-state index in [2.05, 4.69) is 163 Å². The maximum absolute atomic E-state index is 3.79. The van der Waals surface area contributed by atoms with Crippen molar-refractivity contribution in [2.45, 2.75) is 33.1 Å². The Hall–Kier alpha value is -3.75. The van der Waals surface area contributed by atoms with Gasteiger partial charge < -0.3 is 0 Å². The number of benzene rings is 4. The molecule has 0 bridgehead atoms. The molecular formula is C40H35OsP+. The third kappa shape index (κ3) is 6.34. The van der Waals surface area contributed by atoms with Crippen LogP contribution in [0.5, 0.6) is 0 Å². The molecule has 0 unspecified atom stereocenters. The van der Waals surface area contributed by atoms with Crippen LogP contribution < -0.4 is 15.9 Å². The van der Waals surface area contributed by atoms with Gasteiger partial charge in [0.15, 0.2) is 0 Å². The zero-order chi connectivity index (χ0) is 29.2. The molecule has 0 N–H and O–H groups in total. The molecule has 4 aromatic carbocycles. The predicted octanol–water partition coefficient (Wildman–Crippen LogP) is 8.88. The Morgan fingerprint density at radius 2 is 1.21 bits per heavy atom. The van der Waals surface area contributed by atoms with Gasteiger partial charge in [0, 0.05) is 0 Å². The van der Waals surface area contributed by atoms with E-state index in [1.54, 1.807) is 0 Å². The second kappa shape index (κ2) is 14.4. The van der Waals surface area contributed by atoms with Crippen molar-refractivity contribution in [1.29, 1.82) is 0 Å². The van der Waals surface area contributed by atoms with Crippen LogP contribution in [0.4, 0.5) is 0 Å². The molecule has 1 fully saturated rings. The fourth-order valence-electron chi connectivity index (χ4n) is 5.71. The van der Waals surface area contributed by atoms with Crippen LogP contribution in [0.2, 0.25) is 0 Å². The standard InChI is InChI=1S/C40H35P.Os/c1-4-16-33-25-27-34(28-26-33)29-30-36(31-37-18-15-17-35(37)5-2)32(3)41(38-19-9-6-10-20-38,39-21-11-7-12-22-39)40-23-13-8-14-24-40;/h4-14,16,19-28,31H,15,17-18H2,1-2H3;/q+1;/b16-4+,35-5?,36-32?,37-31?;. The van der Waals surface area contributed by atoms with Crippen LogP contribution in [0.3, 0.4) is 0 Å². The Kier molecular flexibility index (Phi) is 10.2. The third-order valence-corrected chi connectivity index (χ3v) is 13.1. The van der Waals surface area contributed by atoms with E-state index in [0.29, 0.717) is 0 Å². The van der Waals surface area contributed by atoms with Crippen LogP contribution in [-0.4, -0.2) is 0 Å². The summed E-state index contributed by atoms with van der Waals surface area (Å²) in [6, 6.07) is 41.6. The van der Waals surface area contributed by atoms with Crippen molar-refractivity contribution < 1.29 is 17.9 Å². The van der Waals surface area contributed by atoms with Crippen molar-refractivity contribution >= 4 is 29.3 Å². The molecule has 0 amide bonds. The topological polar surface area (TPSA) is 0 Å². The minimum absolute atomic E-state index is 1.01. The van der Waals surface area contributed by atoms with Gasteiger partial charge in [-0.2, -0.15) is 0 Å². The minimum atomic E-state index is -2.34. The molecule has 0 spiro atoms. The van der Waals surface area contributed by atoms with Gasteiger partial charge in [-0.1, -0.05) is 0 Å². The van der Waals surface area contributed by atoms with E-state index >= 15 is 0 Å². The van der Waals surface area contributed by atoms with Crippen molar-refractivity contribution in [1.82, 2.24) is 0 Å². The zero-order valence-electron chi connectivity index (χ0n) is 24.2. The van der Waals surface area contributed by atoms with Gasteiger partial charge in [-0.05, 0) is 0 Å². The van der Waals surface area contributed by atoms with Gasteiger partial charge in [-0.3, -0.25) is 0 Å². The first-order valence-corrected chi connectivity index (χ1v) is 17.5. The summed E-state index contributed by atoms with van der Waals surface area (Å²) in [5.41, 5.74) is 6.09. The van der Waals surface area contributed by atoms with Crippen LogP contribution in [0.1, 0.15) is 44.2 Å². The van der Waals surface area contributed by atoms with E-state index < -0.39 is 7.26 Å². The molecule has 5 rings (SSSR count). The molecular weight excluding hydrogens is 702 g/mol. The Morgan fingerprint density at radius 3 is 1.69 bits per heavy atom. The monoisotopic (exact) mass is 738 g/mol. The van der Waals surface area contributed by atoms with Crippen molar-refractivity contribution in [2.75, 3.05) is 0 Å². The quantitative estimate of drug-likeness (QED) is 0.137. The van der Waals surface area contributed by atoms with Gasteiger partial charge in [0.1, 0.15) is 0 Å². The fourth-order valence-corrected chi connectivity index (χ4v) is 11.5. The first-order chi connectivity index (χ1) is 20.7. The molecule has 0 atom stereocenters. The van der Waals surface area contributed by atoms with E-state index in [1.807, 2.05) is 24.9 Å². The van der Waals surface area contributed by atoms with Gasteiger partial charge in [0.2, 0.25) is 0 Å². The normalized spacial score (nSPS) is 15.8. The van der Waals surface area contributed by atoms with E-state index in [0.717, 1.165) is 24.0 Å². The maximum atomic E-state index is 3.79. The third-order valence-electron chi connectivity index (χ3n) is 7.69. The molecule has 42 heavy (non-hydrogen) atoms. The molecule has 0 radical (unpaired) electrons. The molecule has 2 heteroatoms. The van der Waals surface area contributed by atoms with E-state index in [-0.39, 0.29) is 0 Å². The first-order valence-electron chi connectivity index (χ1n) is 14.5. The molecule has 0 heterocycles. The van der Waals surface area contributed by atoms with Gasteiger partial charge in [-0.25, -0.2) is 0 Å². The average molecular weight is 737 g/mol. The summed E-state index contributed by atoms with van der Waals surface area (Å²) >= 11 is 1.81. The second-order valence-electron chi connectivity index (χ2n) is 10.2.